The van der Waals surface area contributed by atoms with Crippen molar-refractivity contribution in [3.63, 3.8) is 0 Å². The highest BCUT2D eigenvalue weighted by Crippen LogP contribution is 2.32. The van der Waals surface area contributed by atoms with Crippen molar-refractivity contribution in [1.82, 2.24) is 13.9 Å². The van der Waals surface area contributed by atoms with Gasteiger partial charge in [0, 0.05) is 37.8 Å². The summed E-state index contributed by atoms with van der Waals surface area (Å²) in [5.41, 5.74) is 0. The van der Waals surface area contributed by atoms with E-state index < -0.39 is 10.2 Å². The third-order valence-electron chi connectivity index (χ3n) is 4.19. The SMILES string of the molecule is CCN(C1CC1)S(=O)(=O)N1CCCCC1CNC(C)C. The second-order valence-corrected chi connectivity index (χ2v) is 8.10. The summed E-state index contributed by atoms with van der Waals surface area (Å²) in [6.45, 7) is 8.18. The maximum Gasteiger partial charge on any atom is 0.282 e. The molecule has 0 spiro atoms. The van der Waals surface area contributed by atoms with Gasteiger partial charge in [0.15, 0.2) is 0 Å². The molecule has 0 aromatic carbocycles. The fourth-order valence-electron chi connectivity index (χ4n) is 2.96. The molecule has 1 atom stereocenters. The smallest absolute Gasteiger partial charge is 0.282 e. The summed E-state index contributed by atoms with van der Waals surface area (Å²) in [7, 11) is -3.28. The van der Waals surface area contributed by atoms with Crippen LogP contribution < -0.4 is 5.32 Å². The second-order valence-electron chi connectivity index (χ2n) is 6.27. The molecule has 1 saturated carbocycles. The Morgan fingerprint density at radius 1 is 1.25 bits per heavy atom. The lowest BCUT2D eigenvalue weighted by Gasteiger charge is -2.38. The van der Waals surface area contributed by atoms with E-state index >= 15 is 0 Å². The molecule has 1 aliphatic heterocycles. The van der Waals surface area contributed by atoms with E-state index in [1.54, 1.807) is 8.61 Å². The Bertz CT molecular complexity index is 407. The van der Waals surface area contributed by atoms with E-state index in [9.17, 15) is 8.42 Å². The molecule has 20 heavy (non-hydrogen) atoms. The van der Waals surface area contributed by atoms with Crippen LogP contribution in [0.15, 0.2) is 0 Å². The first-order valence-corrected chi connectivity index (χ1v) is 9.38. The van der Waals surface area contributed by atoms with E-state index in [-0.39, 0.29) is 12.1 Å². The van der Waals surface area contributed by atoms with Crippen molar-refractivity contribution in [1.29, 1.82) is 0 Å². The van der Waals surface area contributed by atoms with Gasteiger partial charge in [-0.05, 0) is 25.7 Å². The van der Waals surface area contributed by atoms with Gasteiger partial charge in [0.25, 0.3) is 10.2 Å². The van der Waals surface area contributed by atoms with Gasteiger partial charge in [-0.3, -0.25) is 0 Å². The monoisotopic (exact) mass is 303 g/mol. The summed E-state index contributed by atoms with van der Waals surface area (Å²) in [5.74, 6) is 0. The lowest BCUT2D eigenvalue weighted by atomic mass is 10.0. The highest BCUT2D eigenvalue weighted by atomic mass is 32.2. The Hall–Kier alpha value is -0.170. The number of piperidine rings is 1. The van der Waals surface area contributed by atoms with Crippen LogP contribution in [0.2, 0.25) is 0 Å². The van der Waals surface area contributed by atoms with E-state index in [0.29, 0.717) is 19.1 Å². The minimum Gasteiger partial charge on any atom is -0.313 e. The maximum atomic E-state index is 12.9. The Morgan fingerprint density at radius 3 is 2.50 bits per heavy atom. The van der Waals surface area contributed by atoms with Crippen LogP contribution >= 0.6 is 0 Å². The van der Waals surface area contributed by atoms with Crippen molar-refractivity contribution in [2.24, 2.45) is 0 Å². The molecule has 1 unspecified atom stereocenters. The fourth-order valence-corrected chi connectivity index (χ4v) is 5.06. The first-order valence-electron chi connectivity index (χ1n) is 7.98. The van der Waals surface area contributed by atoms with Crippen LogP contribution in [0.5, 0.6) is 0 Å². The number of hydrogen-bond donors (Lipinski definition) is 1. The fraction of sp³-hybridized carbons (Fsp3) is 1.00. The van der Waals surface area contributed by atoms with E-state index in [1.165, 1.54) is 0 Å². The van der Waals surface area contributed by atoms with Crippen LogP contribution in [0, 0.1) is 0 Å². The van der Waals surface area contributed by atoms with E-state index in [4.69, 9.17) is 0 Å². The number of rotatable bonds is 7. The van der Waals surface area contributed by atoms with Crippen LogP contribution in [-0.2, 0) is 10.2 Å². The van der Waals surface area contributed by atoms with E-state index in [0.717, 1.165) is 38.6 Å². The summed E-state index contributed by atoms with van der Waals surface area (Å²) in [6, 6.07) is 0.766. The zero-order valence-electron chi connectivity index (χ0n) is 13.0. The Kier molecular flexibility index (Phi) is 5.45. The summed E-state index contributed by atoms with van der Waals surface area (Å²) in [5, 5.41) is 3.39. The summed E-state index contributed by atoms with van der Waals surface area (Å²) in [4.78, 5) is 0. The minimum absolute atomic E-state index is 0.115. The maximum absolute atomic E-state index is 12.9. The van der Waals surface area contributed by atoms with Gasteiger partial charge < -0.3 is 5.32 Å². The highest BCUT2D eigenvalue weighted by molar-refractivity contribution is 7.86. The average Bonchev–Trinajstić information content (AvgIpc) is 3.21. The number of nitrogens with one attached hydrogen (secondary N) is 1. The molecule has 118 valence electrons. The summed E-state index contributed by atoms with van der Waals surface area (Å²) in [6.07, 6.45) is 5.14. The van der Waals surface area contributed by atoms with Gasteiger partial charge in [0.1, 0.15) is 0 Å². The van der Waals surface area contributed by atoms with E-state index in [2.05, 4.69) is 19.2 Å². The van der Waals surface area contributed by atoms with Crippen LogP contribution in [0.3, 0.4) is 0 Å². The molecular weight excluding hydrogens is 274 g/mol. The molecule has 1 aliphatic carbocycles. The molecule has 0 aromatic rings. The quantitative estimate of drug-likeness (QED) is 0.777. The van der Waals surface area contributed by atoms with Crippen molar-refractivity contribution in [3.05, 3.63) is 0 Å². The van der Waals surface area contributed by atoms with Crippen molar-refractivity contribution in [3.8, 4) is 0 Å². The zero-order valence-corrected chi connectivity index (χ0v) is 13.8. The predicted octanol–water partition coefficient (Wildman–Crippen LogP) is 1.57. The number of hydrogen-bond acceptors (Lipinski definition) is 3. The Morgan fingerprint density at radius 2 is 1.95 bits per heavy atom. The third-order valence-corrected chi connectivity index (χ3v) is 6.42. The third kappa shape index (κ3) is 3.72. The van der Waals surface area contributed by atoms with Gasteiger partial charge in [-0.1, -0.05) is 27.2 Å². The van der Waals surface area contributed by atoms with Crippen molar-refractivity contribution < 1.29 is 8.42 Å². The van der Waals surface area contributed by atoms with Gasteiger partial charge >= 0.3 is 0 Å². The van der Waals surface area contributed by atoms with Crippen molar-refractivity contribution in [2.75, 3.05) is 19.6 Å². The Balaban J connectivity index is 2.09. The lowest BCUT2D eigenvalue weighted by molar-refractivity contribution is 0.222. The molecule has 1 saturated heterocycles. The van der Waals surface area contributed by atoms with Crippen molar-refractivity contribution >= 4 is 10.2 Å². The molecular formula is C14H29N3O2S. The zero-order chi connectivity index (χ0) is 14.8. The van der Waals surface area contributed by atoms with Crippen LogP contribution in [0.1, 0.15) is 52.9 Å². The van der Waals surface area contributed by atoms with Crippen LogP contribution in [0.25, 0.3) is 0 Å². The topological polar surface area (TPSA) is 52.7 Å². The standard InChI is InChI=1S/C14H29N3O2S/c1-4-16(13-8-9-13)20(18,19)17-10-6-5-7-14(17)11-15-12(2)3/h12-15H,4-11H2,1-3H3. The molecule has 2 rings (SSSR count). The summed E-state index contributed by atoms with van der Waals surface area (Å²) < 4.78 is 29.2. The first kappa shape index (κ1) is 16.2. The molecule has 0 aromatic heterocycles. The molecule has 1 heterocycles. The normalized spacial score (nSPS) is 25.6. The molecule has 2 aliphatic rings. The predicted molar refractivity (Wildman–Crippen MR) is 81.8 cm³/mol. The molecule has 2 fully saturated rings. The molecule has 5 nitrogen and oxygen atoms in total. The van der Waals surface area contributed by atoms with Gasteiger partial charge in [-0.2, -0.15) is 17.0 Å². The highest BCUT2D eigenvalue weighted by Gasteiger charge is 2.42. The van der Waals surface area contributed by atoms with E-state index in [1.807, 2.05) is 6.92 Å². The lowest BCUT2D eigenvalue weighted by Crippen LogP contribution is -2.54. The van der Waals surface area contributed by atoms with Crippen LogP contribution in [-0.4, -0.2) is 54.8 Å². The molecule has 6 heteroatoms. The minimum atomic E-state index is -3.28. The van der Waals surface area contributed by atoms with Gasteiger partial charge in [-0.15, -0.1) is 0 Å². The molecule has 0 amide bonds. The first-order chi connectivity index (χ1) is 9.46. The Labute approximate surface area is 123 Å². The van der Waals surface area contributed by atoms with Gasteiger partial charge in [0.05, 0.1) is 0 Å². The van der Waals surface area contributed by atoms with Gasteiger partial charge in [0.2, 0.25) is 0 Å². The average molecular weight is 303 g/mol. The summed E-state index contributed by atoms with van der Waals surface area (Å²) >= 11 is 0. The molecule has 0 bridgehead atoms. The number of nitrogens with zero attached hydrogens (tertiary/aromatic N) is 2. The largest absolute Gasteiger partial charge is 0.313 e. The molecule has 1 N–H and O–H groups in total. The van der Waals surface area contributed by atoms with Crippen LogP contribution in [0.4, 0.5) is 0 Å². The van der Waals surface area contributed by atoms with Crippen molar-refractivity contribution in [2.45, 2.75) is 71.0 Å². The van der Waals surface area contributed by atoms with Gasteiger partial charge in [-0.25, -0.2) is 0 Å². The molecule has 0 radical (unpaired) electrons. The second kappa shape index (κ2) is 6.73.